The predicted octanol–water partition coefficient (Wildman–Crippen LogP) is 2.41. The standard InChI is InChI=1S/C16H21N3O5/c1-16(2,3)24-15(20)17-6-7-18-12(9-17)10-23-14-5-4-11(19(21)22)8-13(14)18/h4-5,8,12H,6-7,9-10H2,1-3H3. The van der Waals surface area contributed by atoms with E-state index in [-0.39, 0.29) is 17.8 Å². The fourth-order valence-corrected chi connectivity index (χ4v) is 2.96. The third-order valence-electron chi connectivity index (χ3n) is 4.03. The number of amides is 1. The number of hydrogen-bond acceptors (Lipinski definition) is 6. The van der Waals surface area contributed by atoms with Crippen molar-refractivity contribution in [1.82, 2.24) is 4.90 Å². The van der Waals surface area contributed by atoms with E-state index in [0.29, 0.717) is 37.7 Å². The molecule has 24 heavy (non-hydrogen) atoms. The second kappa shape index (κ2) is 5.85. The number of rotatable bonds is 1. The van der Waals surface area contributed by atoms with Gasteiger partial charge in [-0.2, -0.15) is 0 Å². The zero-order valence-corrected chi connectivity index (χ0v) is 14.0. The molecular weight excluding hydrogens is 314 g/mol. The minimum atomic E-state index is -0.537. The largest absolute Gasteiger partial charge is 0.489 e. The lowest BCUT2D eigenvalue weighted by Gasteiger charge is -2.45. The van der Waals surface area contributed by atoms with E-state index in [0.717, 1.165) is 0 Å². The minimum absolute atomic E-state index is 0.0348. The molecule has 0 spiro atoms. The third kappa shape index (κ3) is 3.22. The molecule has 2 aliphatic rings. The molecule has 8 heteroatoms. The van der Waals surface area contributed by atoms with Gasteiger partial charge in [-0.25, -0.2) is 4.79 Å². The molecule has 1 amide bonds. The summed E-state index contributed by atoms with van der Waals surface area (Å²) in [6.07, 6.45) is -0.341. The molecule has 1 fully saturated rings. The molecule has 8 nitrogen and oxygen atoms in total. The van der Waals surface area contributed by atoms with Crippen molar-refractivity contribution in [2.75, 3.05) is 31.1 Å². The summed E-state index contributed by atoms with van der Waals surface area (Å²) in [6, 6.07) is 4.56. The van der Waals surface area contributed by atoms with E-state index in [9.17, 15) is 14.9 Å². The third-order valence-corrected chi connectivity index (χ3v) is 4.03. The number of carbonyl (C=O) groups is 1. The molecule has 1 saturated heterocycles. The average molecular weight is 335 g/mol. The Balaban J connectivity index is 1.76. The number of fused-ring (bicyclic) bond motifs is 3. The SMILES string of the molecule is CC(C)(C)OC(=O)N1CCN2c3cc([N+](=O)[O-])ccc3OCC2C1. The number of anilines is 1. The van der Waals surface area contributed by atoms with Crippen molar-refractivity contribution in [3.05, 3.63) is 28.3 Å². The molecule has 0 N–H and O–H groups in total. The Kier molecular flexibility index (Phi) is 3.98. The first-order valence-corrected chi connectivity index (χ1v) is 7.90. The highest BCUT2D eigenvalue weighted by molar-refractivity contribution is 5.70. The Bertz CT molecular complexity index is 670. The highest BCUT2D eigenvalue weighted by atomic mass is 16.6. The monoisotopic (exact) mass is 335 g/mol. The molecule has 3 rings (SSSR count). The van der Waals surface area contributed by atoms with E-state index in [1.165, 1.54) is 12.1 Å². The molecule has 0 radical (unpaired) electrons. The van der Waals surface area contributed by atoms with Crippen LogP contribution in [-0.4, -0.2) is 53.8 Å². The van der Waals surface area contributed by atoms with Gasteiger partial charge in [0.05, 0.1) is 16.7 Å². The number of nitro groups is 1. The van der Waals surface area contributed by atoms with E-state index in [1.54, 1.807) is 11.0 Å². The maximum absolute atomic E-state index is 12.2. The van der Waals surface area contributed by atoms with Crippen LogP contribution in [0.25, 0.3) is 0 Å². The van der Waals surface area contributed by atoms with Crippen molar-refractivity contribution in [3.63, 3.8) is 0 Å². The van der Waals surface area contributed by atoms with Crippen LogP contribution in [-0.2, 0) is 4.74 Å². The summed E-state index contributed by atoms with van der Waals surface area (Å²) in [5.74, 6) is 0.641. The Morgan fingerprint density at radius 2 is 2.12 bits per heavy atom. The van der Waals surface area contributed by atoms with Crippen LogP contribution >= 0.6 is 0 Å². The fraction of sp³-hybridized carbons (Fsp3) is 0.562. The average Bonchev–Trinajstić information content (AvgIpc) is 2.52. The summed E-state index contributed by atoms with van der Waals surface area (Å²) in [5, 5.41) is 11.0. The van der Waals surface area contributed by atoms with E-state index in [1.807, 2.05) is 20.8 Å². The summed E-state index contributed by atoms with van der Waals surface area (Å²) in [6.45, 7) is 7.50. The quantitative estimate of drug-likeness (QED) is 0.579. The molecule has 0 bridgehead atoms. The molecule has 0 saturated carbocycles. The van der Waals surface area contributed by atoms with E-state index in [4.69, 9.17) is 9.47 Å². The molecule has 1 aromatic rings. The lowest BCUT2D eigenvalue weighted by Crippen LogP contribution is -2.59. The smallest absolute Gasteiger partial charge is 0.410 e. The number of ether oxygens (including phenoxy) is 2. The van der Waals surface area contributed by atoms with Crippen LogP contribution in [0.15, 0.2) is 18.2 Å². The van der Waals surface area contributed by atoms with Gasteiger partial charge in [-0.05, 0) is 26.8 Å². The van der Waals surface area contributed by atoms with Crippen molar-refractivity contribution in [2.24, 2.45) is 0 Å². The normalized spacial score (nSPS) is 19.9. The van der Waals surface area contributed by atoms with Crippen LogP contribution in [0, 0.1) is 10.1 Å². The van der Waals surface area contributed by atoms with Gasteiger partial charge in [0.15, 0.2) is 0 Å². The molecule has 1 unspecified atom stereocenters. The van der Waals surface area contributed by atoms with Gasteiger partial charge in [-0.3, -0.25) is 10.1 Å². The summed E-state index contributed by atoms with van der Waals surface area (Å²) >= 11 is 0. The Labute approximate surface area is 140 Å². The van der Waals surface area contributed by atoms with Gasteiger partial charge in [0.25, 0.3) is 5.69 Å². The highest BCUT2D eigenvalue weighted by Gasteiger charge is 2.36. The van der Waals surface area contributed by atoms with Crippen LogP contribution in [0.5, 0.6) is 5.75 Å². The van der Waals surface area contributed by atoms with E-state index >= 15 is 0 Å². The molecule has 2 heterocycles. The zero-order valence-electron chi connectivity index (χ0n) is 14.0. The number of hydrogen-bond donors (Lipinski definition) is 0. The summed E-state index contributed by atoms with van der Waals surface area (Å²) in [7, 11) is 0. The van der Waals surface area contributed by atoms with Gasteiger partial charge in [-0.15, -0.1) is 0 Å². The predicted molar refractivity (Wildman–Crippen MR) is 87.5 cm³/mol. The Hall–Kier alpha value is -2.51. The second-order valence-corrected chi connectivity index (χ2v) is 6.99. The zero-order chi connectivity index (χ0) is 17.5. The number of piperazine rings is 1. The van der Waals surface area contributed by atoms with Crippen LogP contribution in [0.3, 0.4) is 0 Å². The maximum Gasteiger partial charge on any atom is 0.410 e. The van der Waals surface area contributed by atoms with Crippen LogP contribution in [0.1, 0.15) is 20.8 Å². The number of nitrogens with zero attached hydrogens (tertiary/aromatic N) is 3. The summed E-state index contributed by atoms with van der Waals surface area (Å²) in [5.41, 5.74) is 0.210. The van der Waals surface area contributed by atoms with E-state index < -0.39 is 10.5 Å². The first kappa shape index (κ1) is 16.4. The molecule has 1 atom stereocenters. The molecule has 1 aromatic carbocycles. The van der Waals surface area contributed by atoms with Gasteiger partial charge >= 0.3 is 6.09 Å². The molecule has 0 aromatic heterocycles. The summed E-state index contributed by atoms with van der Waals surface area (Å²) < 4.78 is 11.1. The second-order valence-electron chi connectivity index (χ2n) is 6.99. The maximum atomic E-state index is 12.2. The topological polar surface area (TPSA) is 85.2 Å². The number of benzene rings is 1. The van der Waals surface area contributed by atoms with Gasteiger partial charge in [-0.1, -0.05) is 0 Å². The summed E-state index contributed by atoms with van der Waals surface area (Å²) in [4.78, 5) is 26.6. The number of non-ortho nitro benzene ring substituents is 1. The van der Waals surface area contributed by atoms with Gasteiger partial charge < -0.3 is 19.3 Å². The van der Waals surface area contributed by atoms with Crippen molar-refractivity contribution in [3.8, 4) is 5.75 Å². The van der Waals surface area contributed by atoms with Crippen molar-refractivity contribution in [2.45, 2.75) is 32.4 Å². The molecular formula is C16H21N3O5. The first-order valence-electron chi connectivity index (χ1n) is 7.90. The molecule has 130 valence electrons. The van der Waals surface area contributed by atoms with E-state index in [2.05, 4.69) is 4.90 Å². The lowest BCUT2D eigenvalue weighted by molar-refractivity contribution is -0.384. The minimum Gasteiger partial charge on any atom is -0.489 e. The van der Waals surface area contributed by atoms with Crippen LogP contribution < -0.4 is 9.64 Å². The lowest BCUT2D eigenvalue weighted by atomic mass is 10.1. The Morgan fingerprint density at radius 3 is 2.79 bits per heavy atom. The molecule has 2 aliphatic heterocycles. The van der Waals surface area contributed by atoms with Gasteiger partial charge in [0.2, 0.25) is 0 Å². The number of nitro benzene ring substituents is 1. The van der Waals surface area contributed by atoms with Crippen LogP contribution in [0.2, 0.25) is 0 Å². The Morgan fingerprint density at radius 1 is 1.38 bits per heavy atom. The van der Waals surface area contributed by atoms with Crippen molar-refractivity contribution in [1.29, 1.82) is 0 Å². The van der Waals surface area contributed by atoms with Crippen molar-refractivity contribution >= 4 is 17.5 Å². The first-order chi connectivity index (χ1) is 11.2. The van der Waals surface area contributed by atoms with Crippen molar-refractivity contribution < 1.29 is 19.2 Å². The fourth-order valence-electron chi connectivity index (χ4n) is 2.96. The highest BCUT2D eigenvalue weighted by Crippen LogP contribution is 2.37. The van der Waals surface area contributed by atoms with Gasteiger partial charge in [0.1, 0.15) is 18.0 Å². The van der Waals surface area contributed by atoms with Crippen LogP contribution in [0.4, 0.5) is 16.2 Å². The number of carbonyl (C=O) groups excluding carboxylic acids is 1. The molecule has 0 aliphatic carbocycles. The van der Waals surface area contributed by atoms with Gasteiger partial charge in [0, 0.05) is 31.8 Å².